The molecule has 7 heterocycles. The molecule has 7 aromatic rings. The Morgan fingerprint density at radius 1 is 0.949 bits per heavy atom. The number of imidazole rings is 1. The number of carbonyl (C=O) groups excluding carboxylic acids is 6. The molecule has 1 aromatic carbocycles. The van der Waals surface area contributed by atoms with Gasteiger partial charge in [-0.2, -0.15) is 10.2 Å². The molecule has 26 nitrogen and oxygen atoms in total. The Balaban J connectivity index is 0.00000436. The molecule has 6 aromatic heterocycles. The number of aromatic nitrogens is 10. The lowest BCUT2D eigenvalue weighted by Gasteiger charge is -2.20. The first-order valence-corrected chi connectivity index (χ1v) is 26.0. The van der Waals surface area contributed by atoms with Crippen molar-refractivity contribution in [2.24, 2.45) is 17.2 Å². The molecule has 2 atom stereocenters. The first kappa shape index (κ1) is 57.2. The second kappa shape index (κ2) is 25.1. The van der Waals surface area contributed by atoms with Crippen LogP contribution in [0.15, 0.2) is 48.7 Å². The van der Waals surface area contributed by atoms with E-state index < -0.39 is 40.9 Å². The number of carboxylic acid groups (broad SMARTS) is 1. The van der Waals surface area contributed by atoms with Crippen molar-refractivity contribution < 1.29 is 48.1 Å². The Bertz CT molecular complexity index is 3470. The van der Waals surface area contributed by atoms with Crippen LogP contribution in [-0.2, 0) is 45.4 Å². The number of benzene rings is 1. The highest BCUT2D eigenvalue weighted by Crippen LogP contribution is 2.35. The van der Waals surface area contributed by atoms with E-state index in [4.69, 9.17) is 36.0 Å². The number of carboxylic acids is 1. The topological polar surface area (TPSA) is 352 Å². The van der Waals surface area contributed by atoms with Crippen molar-refractivity contribution in [3.05, 3.63) is 77.0 Å². The highest BCUT2D eigenvalue weighted by Gasteiger charge is 2.39. The number of aliphatic carboxylic acids is 1. The van der Waals surface area contributed by atoms with E-state index in [0.29, 0.717) is 76.3 Å². The molecule has 412 valence electrons. The number of imide groups is 1. The first-order valence-electron chi connectivity index (χ1n) is 24.9. The van der Waals surface area contributed by atoms with Crippen LogP contribution < -0.4 is 32.0 Å². The SMILES string of the molecule is CCn1nc(C)cc1C(=O)Nc1nc2cc(C(N)=O)cc(OCCCN(C)C(=O)CCN3C(=O)CC(SCC(N)C(=O)O)C3=O)c2n1C/C=C/Cn1c2nc(-c3cc(C)nn3CC)ncc2c2nc(C=O)cc(OC)c21.CN. The van der Waals surface area contributed by atoms with Gasteiger partial charge in [0.25, 0.3) is 5.91 Å². The van der Waals surface area contributed by atoms with E-state index >= 15 is 0 Å². The zero-order chi connectivity index (χ0) is 56.5. The number of nitrogens with two attached hydrogens (primary N) is 3. The number of amides is 5. The number of ether oxygens (including phenoxy) is 2. The van der Waals surface area contributed by atoms with Crippen LogP contribution in [0.5, 0.6) is 11.5 Å². The Morgan fingerprint density at radius 3 is 2.33 bits per heavy atom. The van der Waals surface area contributed by atoms with Crippen LogP contribution in [-0.4, -0.2) is 163 Å². The van der Waals surface area contributed by atoms with E-state index in [1.807, 2.05) is 48.2 Å². The summed E-state index contributed by atoms with van der Waals surface area (Å²) >= 11 is 1.00. The fraction of sp³-hybridized carbons (Fsp3) is 0.392. The van der Waals surface area contributed by atoms with Gasteiger partial charge < -0.3 is 45.8 Å². The maximum Gasteiger partial charge on any atom is 0.321 e. The fourth-order valence-corrected chi connectivity index (χ4v) is 10.00. The number of rotatable bonds is 24. The Labute approximate surface area is 451 Å². The highest BCUT2D eigenvalue weighted by molar-refractivity contribution is 8.00. The van der Waals surface area contributed by atoms with Gasteiger partial charge in [0.2, 0.25) is 29.6 Å². The number of allylic oxidation sites excluding steroid dienone is 2. The van der Waals surface area contributed by atoms with Gasteiger partial charge in [-0.15, -0.1) is 11.8 Å². The number of primary amides is 1. The molecule has 2 unspecified atom stereocenters. The van der Waals surface area contributed by atoms with Gasteiger partial charge >= 0.3 is 5.97 Å². The Hall–Kier alpha value is -8.56. The molecule has 1 aliphatic heterocycles. The van der Waals surface area contributed by atoms with E-state index in [-0.39, 0.29) is 85.8 Å². The molecule has 1 aliphatic rings. The molecule has 5 amide bonds. The van der Waals surface area contributed by atoms with Crippen molar-refractivity contribution in [1.29, 1.82) is 0 Å². The average Bonchev–Trinajstić information content (AvgIpc) is 4.44. The van der Waals surface area contributed by atoms with Crippen molar-refractivity contribution in [3.8, 4) is 23.0 Å². The molecule has 0 aliphatic carbocycles. The first-order chi connectivity index (χ1) is 37.4. The number of nitrogens with zero attached hydrogens (tertiary/aromatic N) is 12. The molecule has 0 radical (unpaired) electrons. The summed E-state index contributed by atoms with van der Waals surface area (Å²) in [5, 5.41) is 20.8. The lowest BCUT2D eigenvalue weighted by atomic mass is 10.1. The number of hydrogen-bond donors (Lipinski definition) is 5. The van der Waals surface area contributed by atoms with Crippen molar-refractivity contribution in [2.45, 2.75) is 84.4 Å². The number of aldehydes is 1. The molecular weight excluding hydrogens is 1030 g/mol. The quantitative estimate of drug-likeness (QED) is 0.0251. The molecule has 0 spiro atoms. The number of nitrogens with one attached hydrogen (secondary N) is 1. The summed E-state index contributed by atoms with van der Waals surface area (Å²) in [5.74, 6) is -2.60. The minimum Gasteiger partial charge on any atom is -0.494 e. The lowest BCUT2D eigenvalue weighted by molar-refractivity contribution is -0.140. The number of aryl methyl sites for hydroxylation is 4. The minimum atomic E-state index is -1.21. The molecule has 1 fully saturated rings. The number of methoxy groups -OCH3 is 1. The van der Waals surface area contributed by atoms with Crippen molar-refractivity contribution in [2.75, 3.05) is 52.0 Å². The van der Waals surface area contributed by atoms with Gasteiger partial charge in [-0.25, -0.2) is 19.9 Å². The third-order valence-electron chi connectivity index (χ3n) is 12.7. The summed E-state index contributed by atoms with van der Waals surface area (Å²) in [5.41, 5.74) is 20.9. The number of thioether (sulfide) groups is 1. The molecule has 78 heavy (non-hydrogen) atoms. The lowest BCUT2D eigenvalue weighted by Crippen LogP contribution is -2.37. The fourth-order valence-electron chi connectivity index (χ4n) is 8.88. The van der Waals surface area contributed by atoms with Crippen LogP contribution >= 0.6 is 11.8 Å². The largest absolute Gasteiger partial charge is 0.494 e. The summed E-state index contributed by atoms with van der Waals surface area (Å²) < 4.78 is 19.2. The monoisotopic (exact) mass is 1090 g/mol. The van der Waals surface area contributed by atoms with Crippen LogP contribution in [0.1, 0.15) is 75.8 Å². The molecule has 0 bridgehead atoms. The number of hydrogen-bond acceptors (Lipinski definition) is 18. The predicted molar refractivity (Wildman–Crippen MR) is 290 cm³/mol. The molecule has 0 saturated carbocycles. The van der Waals surface area contributed by atoms with E-state index in [1.165, 1.54) is 31.2 Å². The van der Waals surface area contributed by atoms with Gasteiger partial charge in [-0.05, 0) is 65.4 Å². The van der Waals surface area contributed by atoms with E-state index in [1.54, 1.807) is 41.5 Å². The standard InChI is InChI=1S/C50H57N15O10S.CH5N/c1-7-64-34(18-27(3)58-64)45-53-24-31-41-43(36(74-6)22-30(25-66)54-41)62(46(31)56-45)14-9-10-15-63-42-33(55-50(63)57-47(70)35-19-28(4)59-65(35)8-2)20-29(44(52)69)21-37(42)75-17-11-13-60(5)39(67)12-16-61-40(68)23-38(48(61)71)76-26-32(51)49(72)73;1-2/h9-10,18-22,24-25,32,38H,7-8,11-17,23,26,51H2,1-6H3,(H2,52,69)(H,72,73)(H,55,57,70);2H2,1H3/b10-9+;. The summed E-state index contributed by atoms with van der Waals surface area (Å²) in [7, 11) is 4.59. The number of carbonyl (C=O) groups is 7. The number of fused-ring (bicyclic) bond motifs is 4. The second-order valence-corrected chi connectivity index (χ2v) is 19.1. The van der Waals surface area contributed by atoms with Crippen LogP contribution in [0.4, 0.5) is 5.95 Å². The van der Waals surface area contributed by atoms with Gasteiger partial charge in [0, 0.05) is 82.7 Å². The third-order valence-corrected chi connectivity index (χ3v) is 14.0. The zero-order valence-corrected chi connectivity index (χ0v) is 45.1. The zero-order valence-electron chi connectivity index (χ0n) is 44.3. The van der Waals surface area contributed by atoms with Crippen molar-refractivity contribution in [1.82, 2.24) is 58.4 Å². The van der Waals surface area contributed by atoms with E-state index in [0.717, 1.165) is 28.0 Å². The normalized spacial score (nSPS) is 13.9. The number of likely N-dealkylation sites (tertiary alicyclic amines) is 1. The van der Waals surface area contributed by atoms with Gasteiger partial charge in [-0.3, -0.25) is 53.1 Å². The molecule has 8 rings (SSSR count). The number of anilines is 1. The second-order valence-electron chi connectivity index (χ2n) is 17.9. The average molecular weight is 1090 g/mol. The maximum absolute atomic E-state index is 14.0. The summed E-state index contributed by atoms with van der Waals surface area (Å²) in [6.07, 6.45) is 6.12. The van der Waals surface area contributed by atoms with Gasteiger partial charge in [0.05, 0.1) is 41.3 Å². The molecule has 27 heteroatoms. The smallest absolute Gasteiger partial charge is 0.321 e. The van der Waals surface area contributed by atoms with Crippen molar-refractivity contribution >= 4 is 92.6 Å². The van der Waals surface area contributed by atoms with Crippen molar-refractivity contribution in [3.63, 3.8) is 0 Å². The highest BCUT2D eigenvalue weighted by atomic mass is 32.2. The van der Waals surface area contributed by atoms with Crippen LogP contribution in [0.25, 0.3) is 44.6 Å². The van der Waals surface area contributed by atoms with Gasteiger partial charge in [-0.1, -0.05) is 12.2 Å². The van der Waals surface area contributed by atoms with Crippen LogP contribution in [0, 0.1) is 13.8 Å². The third kappa shape index (κ3) is 12.2. The summed E-state index contributed by atoms with van der Waals surface area (Å²) in [6, 6.07) is 6.93. The Kier molecular flexibility index (Phi) is 18.4. The minimum absolute atomic E-state index is 0.0466. The number of pyridine rings is 1. The molecular formula is C51H62N16O10S. The predicted octanol–water partition coefficient (Wildman–Crippen LogP) is 2.94. The Morgan fingerprint density at radius 2 is 1.65 bits per heavy atom. The van der Waals surface area contributed by atoms with Crippen LogP contribution in [0.3, 0.4) is 0 Å². The van der Waals surface area contributed by atoms with Crippen LogP contribution in [0.2, 0.25) is 0 Å². The molecule has 8 N–H and O–H groups in total. The molecule has 1 saturated heterocycles. The maximum atomic E-state index is 14.0. The van der Waals surface area contributed by atoms with E-state index in [9.17, 15) is 33.6 Å². The van der Waals surface area contributed by atoms with Gasteiger partial charge in [0.15, 0.2) is 12.1 Å². The van der Waals surface area contributed by atoms with Gasteiger partial charge in [0.1, 0.15) is 56.8 Å². The summed E-state index contributed by atoms with van der Waals surface area (Å²) in [4.78, 5) is 110. The summed E-state index contributed by atoms with van der Waals surface area (Å²) in [6.45, 7) is 8.98. The van der Waals surface area contributed by atoms with E-state index in [2.05, 4.69) is 31.2 Å².